The second-order valence-corrected chi connectivity index (χ2v) is 3.56. The Morgan fingerprint density at radius 1 is 0.765 bits per heavy atom. The second-order valence-electron chi connectivity index (χ2n) is 3.56. The van der Waals surface area contributed by atoms with Crippen LogP contribution in [0, 0.1) is 11.6 Å². The molecule has 17 heavy (non-hydrogen) atoms. The molecule has 2 aromatic carbocycles. The Balaban J connectivity index is 2.41. The van der Waals surface area contributed by atoms with Crippen LogP contribution in [0.4, 0.5) is 8.78 Å². The van der Waals surface area contributed by atoms with Crippen LogP contribution < -0.4 is 0 Å². The van der Waals surface area contributed by atoms with E-state index in [1.54, 1.807) is 24.3 Å². The molecule has 0 aliphatic heterocycles. The summed E-state index contributed by atoms with van der Waals surface area (Å²) in [5.74, 6) is -0.685. The van der Waals surface area contributed by atoms with E-state index in [4.69, 9.17) is 0 Å². The minimum absolute atomic E-state index is 0.342. The fraction of sp³-hybridized carbons (Fsp3) is 0. The summed E-state index contributed by atoms with van der Waals surface area (Å²) in [4.78, 5) is 0. The lowest BCUT2D eigenvalue weighted by molar-refractivity contribution is 0.476. The zero-order valence-electron chi connectivity index (χ0n) is 8.90. The van der Waals surface area contributed by atoms with Gasteiger partial charge in [-0.15, -0.1) is 0 Å². The Morgan fingerprint density at radius 3 is 1.41 bits per heavy atom. The normalized spacial score (nSPS) is 10.0. The van der Waals surface area contributed by atoms with Gasteiger partial charge >= 0.3 is 0 Å². The van der Waals surface area contributed by atoms with Gasteiger partial charge < -0.3 is 5.11 Å². The smallest absolute Gasteiger partial charge is 0.123 e. The molecule has 0 aliphatic carbocycles. The quantitative estimate of drug-likeness (QED) is 0.778. The van der Waals surface area contributed by atoms with E-state index in [1.165, 1.54) is 24.3 Å². The van der Waals surface area contributed by atoms with Gasteiger partial charge in [0.05, 0.1) is 6.26 Å². The van der Waals surface area contributed by atoms with Crippen molar-refractivity contribution in [2.45, 2.75) is 0 Å². The predicted octanol–water partition coefficient (Wildman–Crippen LogP) is 3.91. The third kappa shape index (κ3) is 2.50. The summed E-state index contributed by atoms with van der Waals surface area (Å²) in [7, 11) is 0. The highest BCUT2D eigenvalue weighted by Crippen LogP contribution is 2.23. The summed E-state index contributed by atoms with van der Waals surface area (Å²) in [5, 5.41) is 9.22. The Kier molecular flexibility index (Phi) is 3.19. The van der Waals surface area contributed by atoms with Gasteiger partial charge in [-0.25, -0.2) is 8.78 Å². The predicted molar refractivity (Wildman–Crippen MR) is 62.5 cm³/mol. The highest BCUT2D eigenvalue weighted by atomic mass is 19.1. The molecule has 2 rings (SSSR count). The van der Waals surface area contributed by atoms with Crippen molar-refractivity contribution >= 4 is 5.57 Å². The standard InChI is InChI=1S/C14H10F2O/c15-12-5-1-10(2-6-12)14(9-17)11-3-7-13(16)8-4-11/h1-9,17H. The first-order valence-corrected chi connectivity index (χ1v) is 5.07. The molecule has 0 atom stereocenters. The van der Waals surface area contributed by atoms with Crippen LogP contribution in [0.2, 0.25) is 0 Å². The molecular formula is C14H10F2O. The van der Waals surface area contributed by atoms with E-state index < -0.39 is 0 Å². The minimum Gasteiger partial charge on any atom is -0.515 e. The molecule has 0 amide bonds. The molecule has 0 bridgehead atoms. The van der Waals surface area contributed by atoms with Crippen LogP contribution >= 0.6 is 0 Å². The van der Waals surface area contributed by atoms with Crippen molar-refractivity contribution in [3.8, 4) is 0 Å². The molecule has 0 unspecified atom stereocenters. The third-order valence-corrected chi connectivity index (χ3v) is 2.44. The number of aliphatic hydroxyl groups excluding tert-OH is 1. The van der Waals surface area contributed by atoms with Crippen LogP contribution in [0.25, 0.3) is 5.57 Å². The largest absolute Gasteiger partial charge is 0.515 e. The molecule has 1 nitrogen and oxygen atoms in total. The van der Waals surface area contributed by atoms with E-state index in [0.717, 1.165) is 6.26 Å². The third-order valence-electron chi connectivity index (χ3n) is 2.44. The van der Waals surface area contributed by atoms with E-state index in [-0.39, 0.29) is 11.6 Å². The second kappa shape index (κ2) is 4.78. The fourth-order valence-corrected chi connectivity index (χ4v) is 1.57. The summed E-state index contributed by atoms with van der Waals surface area (Å²) in [6, 6.07) is 11.5. The van der Waals surface area contributed by atoms with Gasteiger partial charge in [0, 0.05) is 5.57 Å². The van der Waals surface area contributed by atoms with Crippen molar-refractivity contribution in [1.82, 2.24) is 0 Å². The SMILES string of the molecule is OC=C(c1ccc(F)cc1)c1ccc(F)cc1. The van der Waals surface area contributed by atoms with Crippen LogP contribution in [0.15, 0.2) is 54.8 Å². The summed E-state index contributed by atoms with van der Waals surface area (Å²) >= 11 is 0. The Morgan fingerprint density at radius 2 is 1.12 bits per heavy atom. The van der Waals surface area contributed by atoms with E-state index in [2.05, 4.69) is 0 Å². The maximum absolute atomic E-state index is 12.8. The van der Waals surface area contributed by atoms with Gasteiger partial charge in [0.15, 0.2) is 0 Å². The molecule has 0 saturated carbocycles. The topological polar surface area (TPSA) is 20.2 Å². The highest BCUT2D eigenvalue weighted by Gasteiger charge is 2.05. The molecule has 0 spiro atoms. The molecule has 2 aromatic rings. The first kappa shape index (κ1) is 11.3. The lowest BCUT2D eigenvalue weighted by Gasteiger charge is -2.06. The van der Waals surface area contributed by atoms with Crippen molar-refractivity contribution in [3.05, 3.63) is 77.6 Å². The summed E-state index contributed by atoms with van der Waals surface area (Å²) in [6.45, 7) is 0. The van der Waals surface area contributed by atoms with Crippen molar-refractivity contribution in [2.75, 3.05) is 0 Å². The van der Waals surface area contributed by atoms with E-state index >= 15 is 0 Å². The average Bonchev–Trinajstić information content (AvgIpc) is 2.35. The van der Waals surface area contributed by atoms with E-state index in [1.807, 2.05) is 0 Å². The lowest BCUT2D eigenvalue weighted by atomic mass is 9.99. The van der Waals surface area contributed by atoms with Gasteiger partial charge in [-0.2, -0.15) is 0 Å². The molecule has 0 aromatic heterocycles. The van der Waals surface area contributed by atoms with Gasteiger partial charge in [0.25, 0.3) is 0 Å². The molecule has 0 aliphatic rings. The van der Waals surface area contributed by atoms with Gasteiger partial charge in [0.2, 0.25) is 0 Å². The van der Waals surface area contributed by atoms with Crippen molar-refractivity contribution in [1.29, 1.82) is 0 Å². The molecule has 0 fully saturated rings. The molecule has 3 heteroatoms. The first-order valence-electron chi connectivity index (χ1n) is 5.07. The van der Waals surface area contributed by atoms with E-state index in [0.29, 0.717) is 16.7 Å². The molecule has 0 saturated heterocycles. The van der Waals surface area contributed by atoms with Crippen LogP contribution in [0.5, 0.6) is 0 Å². The molecule has 0 radical (unpaired) electrons. The average molecular weight is 232 g/mol. The maximum Gasteiger partial charge on any atom is 0.123 e. The lowest BCUT2D eigenvalue weighted by Crippen LogP contribution is -1.89. The molecule has 0 heterocycles. The first-order chi connectivity index (χ1) is 8.20. The monoisotopic (exact) mass is 232 g/mol. The van der Waals surface area contributed by atoms with Crippen molar-refractivity contribution < 1.29 is 13.9 Å². The zero-order chi connectivity index (χ0) is 12.3. The Hall–Kier alpha value is -2.16. The number of hydrogen-bond donors (Lipinski definition) is 1. The fourth-order valence-electron chi connectivity index (χ4n) is 1.57. The minimum atomic E-state index is -0.342. The van der Waals surface area contributed by atoms with Crippen LogP contribution in [0.3, 0.4) is 0 Å². The van der Waals surface area contributed by atoms with Crippen LogP contribution in [-0.2, 0) is 0 Å². The summed E-state index contributed by atoms with van der Waals surface area (Å²) in [6.07, 6.45) is 0.931. The zero-order valence-corrected chi connectivity index (χ0v) is 8.90. The highest BCUT2D eigenvalue weighted by molar-refractivity contribution is 5.78. The number of hydrogen-bond acceptors (Lipinski definition) is 1. The van der Waals surface area contributed by atoms with Crippen LogP contribution in [0.1, 0.15) is 11.1 Å². The van der Waals surface area contributed by atoms with E-state index in [9.17, 15) is 13.9 Å². The van der Waals surface area contributed by atoms with Gasteiger partial charge in [-0.3, -0.25) is 0 Å². The number of rotatable bonds is 2. The molecule has 86 valence electrons. The number of aliphatic hydroxyl groups is 1. The van der Waals surface area contributed by atoms with Crippen molar-refractivity contribution in [2.24, 2.45) is 0 Å². The van der Waals surface area contributed by atoms with Crippen molar-refractivity contribution in [3.63, 3.8) is 0 Å². The van der Waals surface area contributed by atoms with Gasteiger partial charge in [-0.05, 0) is 35.4 Å². The molecule has 1 N–H and O–H groups in total. The summed E-state index contributed by atoms with van der Waals surface area (Å²) in [5.41, 5.74) is 1.85. The summed E-state index contributed by atoms with van der Waals surface area (Å²) < 4.78 is 25.6. The molecular weight excluding hydrogens is 222 g/mol. The van der Waals surface area contributed by atoms with Crippen LogP contribution in [-0.4, -0.2) is 5.11 Å². The number of halogens is 2. The van der Waals surface area contributed by atoms with Gasteiger partial charge in [0.1, 0.15) is 11.6 Å². The Labute approximate surface area is 97.7 Å². The van der Waals surface area contributed by atoms with Gasteiger partial charge in [-0.1, -0.05) is 24.3 Å². The maximum atomic E-state index is 12.8. The Bertz CT molecular complexity index is 480. The number of benzene rings is 2.